The molecule has 0 fully saturated rings. The monoisotopic (exact) mass is 1090 g/mol. The highest BCUT2D eigenvalue weighted by Gasteiger charge is 2.28. The van der Waals surface area contributed by atoms with Crippen LogP contribution in [0.5, 0.6) is 0 Å². The quantitative estimate of drug-likeness (QED) is 0.0243. The molecule has 0 rings (SSSR count). The summed E-state index contributed by atoms with van der Waals surface area (Å²) in [5, 5.41) is 14.1. The van der Waals surface area contributed by atoms with Crippen molar-refractivity contribution in [2.45, 2.75) is 334 Å². The number of allylic oxidation sites excluding steroid dienone is 8. The van der Waals surface area contributed by atoms with Gasteiger partial charge in [0.25, 0.3) is 0 Å². The van der Waals surface area contributed by atoms with Gasteiger partial charge in [0.05, 0.1) is 39.9 Å². The molecule has 0 spiro atoms. The van der Waals surface area contributed by atoms with Gasteiger partial charge in [-0.15, -0.1) is 0 Å². The van der Waals surface area contributed by atoms with E-state index in [2.05, 4.69) is 67.8 Å². The van der Waals surface area contributed by atoms with Gasteiger partial charge in [-0.2, -0.15) is 0 Å². The van der Waals surface area contributed by atoms with Crippen molar-refractivity contribution in [1.82, 2.24) is 5.32 Å². The van der Waals surface area contributed by atoms with Crippen molar-refractivity contribution in [3.8, 4) is 0 Å². The van der Waals surface area contributed by atoms with Gasteiger partial charge in [0.15, 0.2) is 0 Å². The topological polar surface area (TPSA) is 105 Å². The fraction of sp³-hybridized carbons (Fsp3) is 0.866. The van der Waals surface area contributed by atoms with Gasteiger partial charge < -0.3 is 19.8 Å². The minimum atomic E-state index is -4.33. The van der Waals surface area contributed by atoms with Crippen molar-refractivity contribution in [2.24, 2.45) is 0 Å². The lowest BCUT2D eigenvalue weighted by molar-refractivity contribution is -0.870. The zero-order valence-corrected chi connectivity index (χ0v) is 52.2. The Bertz CT molecular complexity index is 1380. The zero-order valence-electron chi connectivity index (χ0n) is 51.3. The van der Waals surface area contributed by atoms with Gasteiger partial charge in [-0.1, -0.05) is 313 Å². The molecule has 0 saturated carbocycles. The molecule has 0 bridgehead atoms. The summed E-state index contributed by atoms with van der Waals surface area (Å²) in [5.74, 6) is -0.143. The Morgan fingerprint density at radius 2 is 0.789 bits per heavy atom. The number of carbonyl (C=O) groups is 1. The first-order valence-corrected chi connectivity index (χ1v) is 34.5. The fourth-order valence-corrected chi connectivity index (χ4v) is 10.7. The maximum atomic E-state index is 13.1. The average Bonchev–Trinajstić information content (AvgIpc) is 3.38. The lowest BCUT2D eigenvalue weighted by Crippen LogP contribution is -2.46. The molecule has 0 aliphatic carbocycles. The number of hydrogen-bond acceptors (Lipinski definition) is 5. The van der Waals surface area contributed by atoms with Gasteiger partial charge in [0, 0.05) is 6.42 Å². The number of aliphatic hydroxyl groups excluding tert-OH is 1. The van der Waals surface area contributed by atoms with Crippen LogP contribution in [-0.2, 0) is 18.4 Å². The van der Waals surface area contributed by atoms with E-state index in [1.807, 2.05) is 21.1 Å². The molecule has 0 aliphatic heterocycles. The van der Waals surface area contributed by atoms with E-state index in [-0.39, 0.29) is 19.1 Å². The second-order valence-corrected chi connectivity index (χ2v) is 25.3. The summed E-state index contributed by atoms with van der Waals surface area (Å²) in [7, 11) is 1.62. The summed E-state index contributed by atoms with van der Waals surface area (Å²) in [6.07, 6.45) is 77.7. The van der Waals surface area contributed by atoms with Crippen LogP contribution in [0.15, 0.2) is 48.6 Å². The Morgan fingerprint density at radius 1 is 0.461 bits per heavy atom. The van der Waals surface area contributed by atoms with Crippen molar-refractivity contribution in [2.75, 3.05) is 40.9 Å². The Balaban J connectivity index is 4.06. The second-order valence-electron chi connectivity index (χ2n) is 23.8. The van der Waals surface area contributed by atoms with E-state index in [0.29, 0.717) is 23.9 Å². The van der Waals surface area contributed by atoms with Crippen LogP contribution in [0.3, 0.4) is 0 Å². The largest absolute Gasteiger partial charge is 0.472 e. The fourth-order valence-electron chi connectivity index (χ4n) is 9.98. The molecule has 0 radical (unpaired) electrons. The number of likely N-dealkylation sites (N-methyl/N-ethyl adjacent to an activating group) is 1. The van der Waals surface area contributed by atoms with Gasteiger partial charge in [-0.05, 0) is 51.4 Å². The number of carbonyl (C=O) groups excluding carboxylic acids is 1. The first-order chi connectivity index (χ1) is 37.0. The van der Waals surface area contributed by atoms with Gasteiger partial charge in [-0.25, -0.2) is 4.57 Å². The number of amides is 1. The first-order valence-electron chi connectivity index (χ1n) is 33.0. The molecule has 3 N–H and O–H groups in total. The van der Waals surface area contributed by atoms with Crippen LogP contribution in [0.1, 0.15) is 322 Å². The van der Waals surface area contributed by atoms with Crippen molar-refractivity contribution in [1.29, 1.82) is 0 Å². The van der Waals surface area contributed by atoms with Crippen LogP contribution in [-0.4, -0.2) is 73.4 Å². The van der Waals surface area contributed by atoms with Crippen LogP contribution in [0.2, 0.25) is 0 Å². The predicted molar refractivity (Wildman–Crippen MR) is 332 cm³/mol. The third-order valence-electron chi connectivity index (χ3n) is 15.1. The highest BCUT2D eigenvalue weighted by molar-refractivity contribution is 7.47. The molecule has 0 aromatic heterocycles. The van der Waals surface area contributed by atoms with Crippen molar-refractivity contribution < 1.29 is 32.9 Å². The van der Waals surface area contributed by atoms with Gasteiger partial charge >= 0.3 is 7.82 Å². The molecule has 1 amide bonds. The molecule has 3 atom stereocenters. The van der Waals surface area contributed by atoms with Crippen molar-refractivity contribution in [3.63, 3.8) is 0 Å². The number of quaternary nitrogens is 1. The Hall–Kier alpha value is -1.54. The minimum absolute atomic E-state index is 0.0741. The maximum absolute atomic E-state index is 13.1. The van der Waals surface area contributed by atoms with E-state index < -0.39 is 20.0 Å². The predicted octanol–water partition coefficient (Wildman–Crippen LogP) is 20.7. The van der Waals surface area contributed by atoms with Gasteiger partial charge in [0.2, 0.25) is 5.91 Å². The molecule has 9 heteroatoms. The smallest absolute Gasteiger partial charge is 0.391 e. The van der Waals surface area contributed by atoms with Crippen molar-refractivity contribution in [3.05, 3.63) is 48.6 Å². The van der Waals surface area contributed by atoms with Crippen LogP contribution >= 0.6 is 7.82 Å². The summed E-state index contributed by atoms with van der Waals surface area (Å²) >= 11 is 0. The average molecular weight is 1090 g/mol. The molecule has 0 saturated heterocycles. The summed E-state index contributed by atoms with van der Waals surface area (Å²) in [6.45, 7) is 4.82. The molecule has 448 valence electrons. The standard InChI is InChI=1S/C67H129N2O6P/c1-6-8-10-12-14-16-18-20-22-24-26-28-30-32-33-34-35-37-38-40-42-44-46-48-50-52-54-56-58-60-66(70)65(64-75-76(72,73)74-63-62-69(3,4)5)68-67(71)61-59-57-55-53-51-49-47-45-43-41-39-36-31-29-27-25-23-21-19-17-15-13-11-9-7-2/h9,11,15,17,21,23,27,29,65-66,70H,6-8,10,12-14,16,18-20,22,24-26,28,30-64H2,1-5H3,(H-,68,71,72,73)/p+1/b11-9-,17-15-,23-21-,29-27-. The number of nitrogens with zero attached hydrogens (tertiary/aromatic N) is 1. The molecular formula is C67H130N2O6P+. The molecule has 0 aliphatic rings. The summed E-state index contributed by atoms with van der Waals surface area (Å²) in [6, 6.07) is -0.765. The lowest BCUT2D eigenvalue weighted by atomic mass is 10.0. The number of phosphoric ester groups is 1. The summed E-state index contributed by atoms with van der Waals surface area (Å²) in [5.41, 5.74) is 0. The lowest BCUT2D eigenvalue weighted by Gasteiger charge is -2.26. The zero-order chi connectivity index (χ0) is 55.6. The molecule has 0 heterocycles. The Morgan fingerprint density at radius 3 is 1.16 bits per heavy atom. The van der Waals surface area contributed by atoms with Crippen LogP contribution in [0.25, 0.3) is 0 Å². The van der Waals surface area contributed by atoms with Gasteiger partial charge in [0.1, 0.15) is 13.2 Å². The van der Waals surface area contributed by atoms with Crippen LogP contribution in [0.4, 0.5) is 0 Å². The normalized spacial score (nSPS) is 14.0. The van der Waals surface area contributed by atoms with E-state index in [4.69, 9.17) is 9.05 Å². The van der Waals surface area contributed by atoms with E-state index in [0.717, 1.165) is 64.2 Å². The highest BCUT2D eigenvalue weighted by atomic mass is 31.2. The van der Waals surface area contributed by atoms with Crippen LogP contribution in [0, 0.1) is 0 Å². The Kier molecular flexibility index (Phi) is 56.9. The van der Waals surface area contributed by atoms with Crippen molar-refractivity contribution >= 4 is 13.7 Å². The third kappa shape index (κ3) is 60.1. The third-order valence-corrected chi connectivity index (χ3v) is 16.1. The molecule has 8 nitrogen and oxygen atoms in total. The van der Waals surface area contributed by atoms with E-state index in [1.54, 1.807) is 0 Å². The number of hydrogen-bond donors (Lipinski definition) is 3. The second kappa shape index (κ2) is 58.1. The number of nitrogens with one attached hydrogen (secondary N) is 1. The maximum Gasteiger partial charge on any atom is 0.472 e. The first kappa shape index (κ1) is 74.5. The van der Waals surface area contributed by atoms with E-state index >= 15 is 0 Å². The molecule has 3 unspecified atom stereocenters. The number of rotatable bonds is 61. The van der Waals surface area contributed by atoms with E-state index in [1.165, 1.54) is 231 Å². The number of unbranched alkanes of at least 4 members (excludes halogenated alkanes) is 40. The number of phosphoric acid groups is 1. The molecule has 0 aromatic rings. The molecule has 76 heavy (non-hydrogen) atoms. The number of aliphatic hydroxyl groups is 1. The minimum Gasteiger partial charge on any atom is -0.391 e. The SMILES string of the molecule is CC/C=C\C/C=C\C/C=C\C/C=C\CCCCCCCCCCCCCCC(=O)NC(COP(=O)(O)OCC[N+](C)(C)C)C(O)CCCCCCCCCCCCCCCCCCCCCCCCCCCCCCC. The summed E-state index contributed by atoms with van der Waals surface area (Å²) < 4.78 is 23.9. The Labute approximate surface area is 473 Å². The van der Waals surface area contributed by atoms with E-state index in [9.17, 15) is 19.4 Å². The molecule has 0 aromatic carbocycles. The summed E-state index contributed by atoms with van der Waals surface area (Å²) in [4.78, 5) is 23.4. The molecular weight excluding hydrogens is 960 g/mol. The van der Waals surface area contributed by atoms with Crippen LogP contribution < -0.4 is 5.32 Å². The van der Waals surface area contributed by atoms with Gasteiger partial charge in [-0.3, -0.25) is 13.8 Å². The highest BCUT2D eigenvalue weighted by Crippen LogP contribution is 2.43.